The van der Waals surface area contributed by atoms with E-state index in [4.69, 9.17) is 26.4 Å². The summed E-state index contributed by atoms with van der Waals surface area (Å²) in [6, 6.07) is 4.80. The second-order valence-electron chi connectivity index (χ2n) is 9.89. The molecule has 9 N–H and O–H groups in total. The number of aliphatic carboxylic acids is 1. The van der Waals surface area contributed by atoms with Crippen LogP contribution in [0.15, 0.2) is 47.6 Å². The average Bonchev–Trinajstić information content (AvgIpc) is 3.28. The molecule has 3 atom stereocenters. The summed E-state index contributed by atoms with van der Waals surface area (Å²) in [5.74, 6) is -1.82. The molecular weight excluding hydrogens is 562 g/mol. The number of ether oxygens (including phenoxy) is 2. The first kappa shape index (κ1) is 32.9. The van der Waals surface area contributed by atoms with Crippen LogP contribution in [0.25, 0.3) is 0 Å². The fourth-order valence-corrected chi connectivity index (χ4v) is 4.26. The van der Waals surface area contributed by atoms with Gasteiger partial charge in [0.1, 0.15) is 18.1 Å². The maximum atomic E-state index is 12.5. The number of carboxylic acids is 1. The largest absolute Gasteiger partial charge is 0.479 e. The number of carbonyl (C=O) groups excluding carboxylic acids is 3. The van der Waals surface area contributed by atoms with Crippen LogP contribution in [0.5, 0.6) is 5.75 Å². The van der Waals surface area contributed by atoms with E-state index in [1.54, 1.807) is 18.2 Å². The quantitative estimate of drug-likeness (QED) is 0.0630. The summed E-state index contributed by atoms with van der Waals surface area (Å²) in [5.41, 5.74) is 12.5. The molecule has 0 saturated carbocycles. The van der Waals surface area contributed by atoms with Crippen molar-refractivity contribution >= 4 is 41.0 Å². The van der Waals surface area contributed by atoms with Crippen molar-refractivity contribution in [3.05, 3.63) is 48.2 Å². The van der Waals surface area contributed by atoms with Gasteiger partial charge in [-0.1, -0.05) is 12.5 Å². The number of rotatable bonds is 15. The lowest BCUT2D eigenvalue weighted by molar-refractivity contribution is -0.195. The van der Waals surface area contributed by atoms with Crippen molar-refractivity contribution in [1.82, 2.24) is 10.2 Å². The van der Waals surface area contributed by atoms with Gasteiger partial charge < -0.3 is 41.8 Å². The molecule has 1 aromatic carbocycles. The van der Waals surface area contributed by atoms with E-state index in [-0.39, 0.29) is 49.1 Å². The number of hydrogen-bond donors (Lipinski definition) is 7. The summed E-state index contributed by atoms with van der Waals surface area (Å²) in [5, 5.41) is 32.0. The van der Waals surface area contributed by atoms with Crippen molar-refractivity contribution in [2.75, 3.05) is 18.4 Å². The molecule has 15 heteroatoms. The van der Waals surface area contributed by atoms with Crippen LogP contribution >= 0.6 is 0 Å². The van der Waals surface area contributed by atoms with Crippen LogP contribution in [0.2, 0.25) is 0 Å². The summed E-state index contributed by atoms with van der Waals surface area (Å²) in [6.45, 7) is 0.411. The molecule has 1 saturated heterocycles. The van der Waals surface area contributed by atoms with Crippen LogP contribution in [0.4, 0.5) is 5.69 Å². The van der Waals surface area contributed by atoms with Gasteiger partial charge in [-0.2, -0.15) is 0 Å². The number of nitrogens with zero attached hydrogens (tertiary/aromatic N) is 2. The Bertz CT molecular complexity index is 1280. The number of unbranched alkanes of at least 4 members (excludes halogenated alkanes) is 2. The highest BCUT2D eigenvalue weighted by atomic mass is 16.7. The summed E-state index contributed by atoms with van der Waals surface area (Å²) < 4.78 is 11.2. The number of carbonyl (C=O) groups is 4. The maximum absolute atomic E-state index is 12.5. The number of hydrogen-bond acceptors (Lipinski definition) is 10. The van der Waals surface area contributed by atoms with Crippen molar-refractivity contribution < 1.29 is 38.9 Å². The number of carboxylic acid groups (broad SMARTS) is 1. The highest BCUT2D eigenvalue weighted by Crippen LogP contribution is 2.30. The number of anilines is 1. The van der Waals surface area contributed by atoms with E-state index in [9.17, 15) is 29.4 Å². The number of benzene rings is 1. The topological polar surface area (TPSA) is 243 Å². The van der Waals surface area contributed by atoms with Gasteiger partial charge in [-0.15, -0.1) is 0 Å². The molecule has 2 heterocycles. The predicted molar refractivity (Wildman–Crippen MR) is 156 cm³/mol. The number of amides is 3. The van der Waals surface area contributed by atoms with Crippen molar-refractivity contribution in [2.45, 2.75) is 63.6 Å². The lowest BCUT2D eigenvalue weighted by Crippen LogP contribution is -2.42. The highest BCUT2D eigenvalue weighted by Gasteiger charge is 2.34. The molecule has 0 spiro atoms. The Balaban J connectivity index is 1.42. The minimum Gasteiger partial charge on any atom is -0.479 e. The molecule has 3 amide bonds. The number of aliphatic hydroxyl groups is 1. The van der Waals surface area contributed by atoms with E-state index in [0.29, 0.717) is 37.2 Å². The van der Waals surface area contributed by atoms with E-state index >= 15 is 0 Å². The highest BCUT2D eigenvalue weighted by molar-refractivity contribution is 6.14. The zero-order valence-electron chi connectivity index (χ0n) is 23.5. The van der Waals surface area contributed by atoms with Crippen molar-refractivity contribution in [2.24, 2.45) is 16.5 Å². The van der Waals surface area contributed by atoms with Crippen molar-refractivity contribution in [3.63, 3.8) is 0 Å². The molecule has 2 aliphatic rings. The fourth-order valence-electron chi connectivity index (χ4n) is 4.26. The lowest BCUT2D eigenvalue weighted by Gasteiger charge is -2.31. The first-order chi connectivity index (χ1) is 20.5. The molecule has 3 rings (SSSR count). The SMILES string of the molecule is N=C1C=CC(=O)N1CCCCCC(N)=NCC(=O)N/C=C/C(=O)Nc1cc(CN)ccc1O[C@H]1C[C@@H](O)C[C@@H](C(=O)O)O1. The van der Waals surface area contributed by atoms with Gasteiger partial charge in [-0.05, 0) is 36.6 Å². The number of aliphatic hydroxyl groups excluding tert-OH is 1. The normalized spacial score (nSPS) is 20.5. The van der Waals surface area contributed by atoms with Crippen LogP contribution in [0, 0.1) is 5.41 Å². The van der Waals surface area contributed by atoms with Gasteiger partial charge >= 0.3 is 5.97 Å². The molecule has 0 unspecified atom stereocenters. The first-order valence-electron chi connectivity index (χ1n) is 13.8. The Hall–Kier alpha value is -4.60. The van der Waals surface area contributed by atoms with Crippen molar-refractivity contribution in [1.29, 1.82) is 5.41 Å². The molecule has 1 fully saturated rings. The summed E-state index contributed by atoms with van der Waals surface area (Å²) in [7, 11) is 0. The Morgan fingerprint density at radius 1 is 1.21 bits per heavy atom. The van der Waals surface area contributed by atoms with Crippen LogP contribution < -0.4 is 26.8 Å². The zero-order valence-corrected chi connectivity index (χ0v) is 23.5. The third-order valence-electron chi connectivity index (χ3n) is 6.50. The molecule has 0 bridgehead atoms. The predicted octanol–water partition coefficient (Wildman–Crippen LogP) is 0.336. The van der Waals surface area contributed by atoms with Gasteiger partial charge in [0.15, 0.2) is 6.10 Å². The Morgan fingerprint density at radius 2 is 2.00 bits per heavy atom. The third-order valence-corrected chi connectivity index (χ3v) is 6.50. The summed E-state index contributed by atoms with van der Waals surface area (Å²) >= 11 is 0. The molecule has 232 valence electrons. The minimum absolute atomic E-state index is 0.0416. The fraction of sp³-hybridized carbons (Fsp3) is 0.429. The molecule has 0 radical (unpaired) electrons. The number of nitrogens with one attached hydrogen (secondary N) is 3. The van der Waals surface area contributed by atoms with Gasteiger partial charge in [0, 0.05) is 50.7 Å². The second-order valence-corrected chi connectivity index (χ2v) is 9.89. The molecule has 43 heavy (non-hydrogen) atoms. The van der Waals surface area contributed by atoms with E-state index < -0.39 is 36.3 Å². The standard InChI is InChI=1S/C28H37N7O8/c29-15-17-5-6-20(42-27-14-18(36)13-21(43-27)28(40)41)19(12-17)34-24(37)9-10-32-25(38)16-33-22(30)4-2-1-3-11-35-23(31)7-8-26(35)39/h5-10,12,18,21,27,31,36H,1-4,11,13-16,29H2,(H2,30,33)(H,32,38)(H,34,37)(H,40,41)/b10-9+,31-23?/t18-,21-,27+/m0/s1. The first-order valence-corrected chi connectivity index (χ1v) is 13.8. The molecular formula is C28H37N7O8. The maximum Gasteiger partial charge on any atom is 0.333 e. The zero-order chi connectivity index (χ0) is 31.4. The molecule has 0 aliphatic carbocycles. The van der Waals surface area contributed by atoms with Gasteiger partial charge in [0.05, 0.1) is 17.6 Å². The molecule has 15 nitrogen and oxygen atoms in total. The lowest BCUT2D eigenvalue weighted by atomic mass is 10.1. The Morgan fingerprint density at radius 3 is 2.70 bits per heavy atom. The van der Waals surface area contributed by atoms with Gasteiger partial charge in [-0.25, -0.2) is 4.79 Å². The number of nitrogens with two attached hydrogens (primary N) is 2. The number of aliphatic imine (C=N–C) groups is 1. The average molecular weight is 600 g/mol. The molecule has 1 aromatic rings. The van der Waals surface area contributed by atoms with E-state index in [0.717, 1.165) is 18.7 Å². The molecule has 2 aliphatic heterocycles. The van der Waals surface area contributed by atoms with Crippen LogP contribution in [0.1, 0.15) is 44.1 Å². The van der Waals surface area contributed by atoms with Gasteiger partial charge in [-0.3, -0.25) is 29.7 Å². The Kier molecular flexibility index (Phi) is 12.4. The second kappa shape index (κ2) is 16.1. The smallest absolute Gasteiger partial charge is 0.333 e. The summed E-state index contributed by atoms with van der Waals surface area (Å²) in [4.78, 5) is 53.0. The third kappa shape index (κ3) is 10.6. The van der Waals surface area contributed by atoms with E-state index in [1.807, 2.05) is 0 Å². The van der Waals surface area contributed by atoms with Gasteiger partial charge in [0.25, 0.3) is 5.91 Å². The summed E-state index contributed by atoms with van der Waals surface area (Å²) in [6.07, 6.45) is 4.52. The van der Waals surface area contributed by atoms with Crippen LogP contribution in [-0.4, -0.2) is 82.1 Å². The minimum atomic E-state index is -1.23. The van der Waals surface area contributed by atoms with E-state index in [2.05, 4.69) is 15.6 Å². The monoisotopic (exact) mass is 599 g/mol. The number of amidine groups is 2. The van der Waals surface area contributed by atoms with Crippen LogP contribution in [-0.2, 0) is 30.5 Å². The van der Waals surface area contributed by atoms with Gasteiger partial charge in [0.2, 0.25) is 18.1 Å². The molecule has 0 aromatic heterocycles. The van der Waals surface area contributed by atoms with Crippen molar-refractivity contribution in [3.8, 4) is 5.75 Å². The van der Waals surface area contributed by atoms with Crippen LogP contribution in [0.3, 0.4) is 0 Å². The Labute approximate surface area is 248 Å². The van der Waals surface area contributed by atoms with E-state index in [1.165, 1.54) is 17.1 Å².